The average molecular weight is 178 g/mol. The summed E-state index contributed by atoms with van der Waals surface area (Å²) in [7, 11) is 1.85. The first-order valence-electron chi connectivity index (χ1n) is 4.62. The van der Waals surface area contributed by atoms with Crippen LogP contribution in [0, 0.1) is 0 Å². The lowest BCUT2D eigenvalue weighted by molar-refractivity contribution is 0.755. The number of anilines is 1. The lowest BCUT2D eigenvalue weighted by Gasteiger charge is -2.06. The van der Waals surface area contributed by atoms with E-state index < -0.39 is 0 Å². The molecule has 0 bridgehead atoms. The van der Waals surface area contributed by atoms with Gasteiger partial charge in [0.05, 0.1) is 11.4 Å². The van der Waals surface area contributed by atoms with E-state index in [1.54, 1.807) is 0 Å². The molecule has 1 aromatic rings. The number of rotatable bonds is 2. The molecule has 4 nitrogen and oxygen atoms in total. The first kappa shape index (κ1) is 8.44. The van der Waals surface area contributed by atoms with Crippen LogP contribution >= 0.6 is 0 Å². The molecule has 0 aromatic carbocycles. The Labute approximate surface area is 77.8 Å². The fourth-order valence-corrected chi connectivity index (χ4v) is 1.64. The number of fused-ring (bicyclic) bond motifs is 1. The Hall–Kier alpha value is -1.16. The molecule has 2 rings (SSSR count). The normalized spacial score (nSPS) is 14.3. The smallest absolute Gasteiger partial charge is 0.222 e. The van der Waals surface area contributed by atoms with Crippen LogP contribution in [-0.2, 0) is 19.5 Å². The summed E-state index contributed by atoms with van der Waals surface area (Å²) >= 11 is 0. The van der Waals surface area contributed by atoms with Crippen LogP contribution in [0.3, 0.4) is 0 Å². The average Bonchev–Trinajstić information content (AvgIpc) is 2.63. The summed E-state index contributed by atoms with van der Waals surface area (Å²) in [4.78, 5) is 8.81. The highest BCUT2D eigenvalue weighted by Gasteiger charge is 2.16. The lowest BCUT2D eigenvalue weighted by atomic mass is 10.1. The molecule has 0 atom stereocenters. The number of aromatic nitrogens is 2. The van der Waals surface area contributed by atoms with Crippen LogP contribution in [0.4, 0.5) is 5.95 Å². The SMILES string of the molecule is CCc1nc(NC)nc2c1CNC2. The molecule has 13 heavy (non-hydrogen) atoms. The molecule has 4 heteroatoms. The van der Waals surface area contributed by atoms with E-state index in [0.29, 0.717) is 0 Å². The summed E-state index contributed by atoms with van der Waals surface area (Å²) in [6, 6.07) is 0. The Morgan fingerprint density at radius 3 is 2.92 bits per heavy atom. The lowest BCUT2D eigenvalue weighted by Crippen LogP contribution is -2.04. The summed E-state index contributed by atoms with van der Waals surface area (Å²) in [6.07, 6.45) is 0.973. The van der Waals surface area contributed by atoms with Gasteiger partial charge in [-0.05, 0) is 6.42 Å². The zero-order valence-electron chi connectivity index (χ0n) is 8.02. The monoisotopic (exact) mass is 178 g/mol. The molecule has 0 aliphatic carbocycles. The van der Waals surface area contributed by atoms with Gasteiger partial charge in [0.15, 0.2) is 0 Å². The minimum atomic E-state index is 0.735. The van der Waals surface area contributed by atoms with E-state index in [0.717, 1.165) is 31.2 Å². The molecule has 70 valence electrons. The van der Waals surface area contributed by atoms with E-state index in [2.05, 4.69) is 27.5 Å². The van der Waals surface area contributed by atoms with Gasteiger partial charge in [-0.3, -0.25) is 0 Å². The number of aryl methyl sites for hydroxylation is 1. The quantitative estimate of drug-likeness (QED) is 0.699. The van der Waals surface area contributed by atoms with Crippen molar-refractivity contribution >= 4 is 5.95 Å². The standard InChI is InChI=1S/C9H14N4/c1-3-7-6-4-11-5-8(6)13-9(10-2)12-7/h11H,3-5H2,1-2H3,(H,10,12,13). The summed E-state index contributed by atoms with van der Waals surface area (Å²) in [6.45, 7) is 3.92. The van der Waals surface area contributed by atoms with Gasteiger partial charge in [-0.25, -0.2) is 9.97 Å². The van der Waals surface area contributed by atoms with Crippen molar-refractivity contribution in [3.05, 3.63) is 17.0 Å². The molecule has 2 heterocycles. The third-order valence-corrected chi connectivity index (χ3v) is 2.33. The summed E-state index contributed by atoms with van der Waals surface area (Å²) < 4.78 is 0. The second-order valence-corrected chi connectivity index (χ2v) is 3.13. The van der Waals surface area contributed by atoms with Crippen LogP contribution < -0.4 is 10.6 Å². The van der Waals surface area contributed by atoms with Crippen molar-refractivity contribution in [1.29, 1.82) is 0 Å². The Kier molecular flexibility index (Phi) is 2.14. The first-order chi connectivity index (χ1) is 6.35. The molecule has 0 fully saturated rings. The van der Waals surface area contributed by atoms with Crippen molar-refractivity contribution in [3.63, 3.8) is 0 Å². The molecule has 1 aromatic heterocycles. The minimum absolute atomic E-state index is 0.735. The topological polar surface area (TPSA) is 49.8 Å². The van der Waals surface area contributed by atoms with Gasteiger partial charge in [0.2, 0.25) is 5.95 Å². The fraction of sp³-hybridized carbons (Fsp3) is 0.556. The van der Waals surface area contributed by atoms with Crippen LogP contribution in [0.25, 0.3) is 0 Å². The molecule has 0 spiro atoms. The molecule has 0 saturated heterocycles. The van der Waals surface area contributed by atoms with Crippen molar-refractivity contribution in [1.82, 2.24) is 15.3 Å². The van der Waals surface area contributed by atoms with E-state index in [1.165, 1.54) is 11.3 Å². The Morgan fingerprint density at radius 1 is 1.38 bits per heavy atom. The Morgan fingerprint density at radius 2 is 2.23 bits per heavy atom. The van der Waals surface area contributed by atoms with Gasteiger partial charge < -0.3 is 10.6 Å². The van der Waals surface area contributed by atoms with Gasteiger partial charge in [0, 0.05) is 25.7 Å². The maximum Gasteiger partial charge on any atom is 0.222 e. The number of hydrogen-bond acceptors (Lipinski definition) is 4. The van der Waals surface area contributed by atoms with Crippen molar-refractivity contribution < 1.29 is 0 Å². The molecule has 0 unspecified atom stereocenters. The summed E-state index contributed by atoms with van der Waals surface area (Å²) in [5, 5.41) is 6.26. The summed E-state index contributed by atoms with van der Waals surface area (Å²) in [5.74, 6) is 0.735. The zero-order chi connectivity index (χ0) is 9.26. The second kappa shape index (κ2) is 3.30. The third-order valence-electron chi connectivity index (χ3n) is 2.33. The van der Waals surface area contributed by atoms with E-state index in [4.69, 9.17) is 0 Å². The summed E-state index contributed by atoms with van der Waals surface area (Å²) in [5.41, 5.74) is 3.61. The van der Waals surface area contributed by atoms with Gasteiger partial charge in [-0.15, -0.1) is 0 Å². The number of hydrogen-bond donors (Lipinski definition) is 2. The molecule has 0 amide bonds. The molecule has 2 N–H and O–H groups in total. The number of nitrogens with one attached hydrogen (secondary N) is 2. The highest BCUT2D eigenvalue weighted by molar-refractivity contribution is 5.36. The molecular formula is C9H14N4. The Balaban J connectivity index is 2.49. The van der Waals surface area contributed by atoms with Crippen LogP contribution in [0.2, 0.25) is 0 Å². The second-order valence-electron chi connectivity index (χ2n) is 3.13. The van der Waals surface area contributed by atoms with Crippen LogP contribution in [-0.4, -0.2) is 17.0 Å². The van der Waals surface area contributed by atoms with Gasteiger partial charge >= 0.3 is 0 Å². The first-order valence-corrected chi connectivity index (χ1v) is 4.62. The van der Waals surface area contributed by atoms with Crippen molar-refractivity contribution in [2.24, 2.45) is 0 Å². The van der Waals surface area contributed by atoms with Crippen LogP contribution in [0.5, 0.6) is 0 Å². The largest absolute Gasteiger partial charge is 0.357 e. The maximum atomic E-state index is 4.42. The Bertz CT molecular complexity index is 322. The minimum Gasteiger partial charge on any atom is -0.357 e. The van der Waals surface area contributed by atoms with Crippen molar-refractivity contribution in [2.45, 2.75) is 26.4 Å². The molecule has 1 aliphatic heterocycles. The van der Waals surface area contributed by atoms with E-state index in [9.17, 15) is 0 Å². The van der Waals surface area contributed by atoms with Crippen LogP contribution in [0.1, 0.15) is 23.9 Å². The molecule has 0 saturated carbocycles. The van der Waals surface area contributed by atoms with Gasteiger partial charge in [-0.1, -0.05) is 6.92 Å². The highest BCUT2D eigenvalue weighted by Crippen LogP contribution is 2.18. The molecule has 1 aliphatic rings. The predicted molar refractivity (Wildman–Crippen MR) is 51.5 cm³/mol. The van der Waals surface area contributed by atoms with E-state index in [-0.39, 0.29) is 0 Å². The van der Waals surface area contributed by atoms with Gasteiger partial charge in [-0.2, -0.15) is 0 Å². The van der Waals surface area contributed by atoms with Crippen molar-refractivity contribution in [3.8, 4) is 0 Å². The highest BCUT2D eigenvalue weighted by atomic mass is 15.1. The van der Waals surface area contributed by atoms with Gasteiger partial charge in [0.1, 0.15) is 0 Å². The third kappa shape index (κ3) is 1.37. The van der Waals surface area contributed by atoms with Crippen molar-refractivity contribution in [2.75, 3.05) is 12.4 Å². The van der Waals surface area contributed by atoms with E-state index in [1.807, 2.05) is 7.05 Å². The predicted octanol–water partition coefficient (Wildman–Crippen LogP) is 0.684. The molecular weight excluding hydrogens is 164 g/mol. The maximum absolute atomic E-state index is 4.42. The van der Waals surface area contributed by atoms with E-state index >= 15 is 0 Å². The molecule has 0 radical (unpaired) electrons. The fourth-order valence-electron chi connectivity index (χ4n) is 1.64. The van der Waals surface area contributed by atoms with Gasteiger partial charge in [0.25, 0.3) is 0 Å². The van der Waals surface area contributed by atoms with Crippen LogP contribution in [0.15, 0.2) is 0 Å². The zero-order valence-corrected chi connectivity index (χ0v) is 8.02. The number of nitrogens with zero attached hydrogens (tertiary/aromatic N) is 2.